The summed E-state index contributed by atoms with van der Waals surface area (Å²) < 4.78 is 1.69. The number of anilines is 2. The van der Waals surface area contributed by atoms with Crippen LogP contribution in [0.4, 0.5) is 11.6 Å². The second-order valence-corrected chi connectivity index (χ2v) is 3.65. The summed E-state index contributed by atoms with van der Waals surface area (Å²) in [6, 6.07) is 7.17. The number of nitrogen functional groups attached to an aromatic ring is 2. The van der Waals surface area contributed by atoms with E-state index in [1.54, 1.807) is 22.8 Å². The van der Waals surface area contributed by atoms with Crippen molar-refractivity contribution in [2.75, 3.05) is 11.5 Å². The minimum atomic E-state index is 0.384. The van der Waals surface area contributed by atoms with Crippen molar-refractivity contribution in [3.05, 3.63) is 36.7 Å². The van der Waals surface area contributed by atoms with E-state index in [-0.39, 0.29) is 0 Å². The summed E-state index contributed by atoms with van der Waals surface area (Å²) in [5.74, 6) is 0.769. The van der Waals surface area contributed by atoms with Crippen LogP contribution in [0, 0.1) is 0 Å². The lowest BCUT2D eigenvalue weighted by Crippen LogP contribution is -1.98. The van der Waals surface area contributed by atoms with Gasteiger partial charge in [0.15, 0.2) is 5.65 Å². The second kappa shape index (κ2) is 3.44. The molecule has 0 aliphatic carbocycles. The highest BCUT2D eigenvalue weighted by atomic mass is 15.2. The van der Waals surface area contributed by atoms with E-state index in [9.17, 15) is 0 Å². The fourth-order valence-corrected chi connectivity index (χ4v) is 1.70. The van der Waals surface area contributed by atoms with Crippen molar-refractivity contribution in [3.8, 4) is 11.3 Å². The van der Waals surface area contributed by atoms with E-state index in [2.05, 4.69) is 15.1 Å². The zero-order valence-electron chi connectivity index (χ0n) is 8.91. The van der Waals surface area contributed by atoms with Crippen molar-refractivity contribution in [2.24, 2.45) is 0 Å². The number of hydrogen-bond donors (Lipinski definition) is 2. The summed E-state index contributed by atoms with van der Waals surface area (Å²) in [4.78, 5) is 8.37. The molecule has 0 radical (unpaired) electrons. The van der Waals surface area contributed by atoms with Gasteiger partial charge >= 0.3 is 0 Å². The molecule has 0 aliphatic rings. The molecule has 0 fully saturated rings. The first-order chi connectivity index (χ1) is 8.22. The predicted molar refractivity (Wildman–Crippen MR) is 65.0 cm³/mol. The van der Waals surface area contributed by atoms with E-state index >= 15 is 0 Å². The van der Waals surface area contributed by atoms with Crippen molar-refractivity contribution in [1.29, 1.82) is 0 Å². The lowest BCUT2D eigenvalue weighted by Gasteiger charge is -2.03. The van der Waals surface area contributed by atoms with Gasteiger partial charge in [0.2, 0.25) is 0 Å². The summed E-state index contributed by atoms with van der Waals surface area (Å²) in [7, 11) is 0. The first-order valence-electron chi connectivity index (χ1n) is 5.06. The van der Waals surface area contributed by atoms with Gasteiger partial charge in [-0.3, -0.25) is 0 Å². The zero-order valence-corrected chi connectivity index (χ0v) is 8.91. The molecule has 3 aromatic heterocycles. The number of pyridine rings is 1. The minimum absolute atomic E-state index is 0.384. The lowest BCUT2D eigenvalue weighted by molar-refractivity contribution is 0.941. The SMILES string of the molecule is Nc1cc(-c2ccn3nccc3n2)cc(N)n1. The van der Waals surface area contributed by atoms with Gasteiger partial charge in [0, 0.05) is 17.8 Å². The molecule has 0 saturated carbocycles. The monoisotopic (exact) mass is 226 g/mol. The van der Waals surface area contributed by atoms with Crippen LogP contribution in [0.2, 0.25) is 0 Å². The Morgan fingerprint density at radius 3 is 2.53 bits per heavy atom. The Bertz CT molecular complexity index is 667. The maximum Gasteiger partial charge on any atom is 0.155 e. The number of nitrogens with zero attached hydrogens (tertiary/aromatic N) is 4. The van der Waals surface area contributed by atoms with Gasteiger partial charge in [-0.2, -0.15) is 5.10 Å². The number of fused-ring (bicyclic) bond motifs is 1. The van der Waals surface area contributed by atoms with Crippen LogP contribution in [-0.4, -0.2) is 19.6 Å². The van der Waals surface area contributed by atoms with E-state index in [1.165, 1.54) is 0 Å². The molecule has 3 aromatic rings. The molecule has 3 rings (SSSR count). The smallest absolute Gasteiger partial charge is 0.155 e. The molecular weight excluding hydrogens is 216 g/mol. The van der Waals surface area contributed by atoms with Gasteiger partial charge < -0.3 is 11.5 Å². The molecule has 4 N–H and O–H groups in total. The molecule has 0 bridgehead atoms. The van der Waals surface area contributed by atoms with Crippen molar-refractivity contribution < 1.29 is 0 Å². The fourth-order valence-electron chi connectivity index (χ4n) is 1.70. The van der Waals surface area contributed by atoms with Crippen molar-refractivity contribution in [2.45, 2.75) is 0 Å². The largest absolute Gasteiger partial charge is 0.384 e. The molecule has 3 heterocycles. The lowest BCUT2D eigenvalue weighted by atomic mass is 10.2. The summed E-state index contributed by atoms with van der Waals surface area (Å²) >= 11 is 0. The van der Waals surface area contributed by atoms with Gasteiger partial charge in [-0.1, -0.05) is 0 Å². The Morgan fingerprint density at radius 1 is 1.00 bits per heavy atom. The molecule has 0 saturated heterocycles. The van der Waals surface area contributed by atoms with Crippen molar-refractivity contribution >= 4 is 17.3 Å². The van der Waals surface area contributed by atoms with Crippen molar-refractivity contribution in [1.82, 2.24) is 19.6 Å². The molecule has 6 heteroatoms. The quantitative estimate of drug-likeness (QED) is 0.644. The number of aromatic nitrogens is 4. The van der Waals surface area contributed by atoms with Gasteiger partial charge in [0.25, 0.3) is 0 Å². The maximum absolute atomic E-state index is 5.65. The average Bonchev–Trinajstić information content (AvgIpc) is 2.74. The molecule has 17 heavy (non-hydrogen) atoms. The third kappa shape index (κ3) is 1.65. The summed E-state index contributed by atoms with van der Waals surface area (Å²) in [6.45, 7) is 0. The Morgan fingerprint density at radius 2 is 1.76 bits per heavy atom. The Labute approximate surface area is 96.9 Å². The molecule has 6 nitrogen and oxygen atoms in total. The molecule has 0 spiro atoms. The third-order valence-electron chi connectivity index (χ3n) is 2.42. The van der Waals surface area contributed by atoms with E-state index in [0.29, 0.717) is 11.6 Å². The molecule has 84 valence electrons. The second-order valence-electron chi connectivity index (χ2n) is 3.65. The average molecular weight is 226 g/mol. The van der Waals surface area contributed by atoms with Gasteiger partial charge in [-0.05, 0) is 18.2 Å². The van der Waals surface area contributed by atoms with Crippen LogP contribution >= 0.6 is 0 Å². The van der Waals surface area contributed by atoms with E-state index in [4.69, 9.17) is 11.5 Å². The molecule has 0 amide bonds. The topological polar surface area (TPSA) is 95.1 Å². The standard InChI is InChI=1S/C11H10N6/c12-9-5-7(6-10(13)16-9)8-2-4-17-11(15-8)1-3-14-17/h1-6H,(H4,12,13,16). The van der Waals surface area contributed by atoms with Crippen LogP contribution in [0.15, 0.2) is 36.7 Å². The highest BCUT2D eigenvalue weighted by Gasteiger charge is 2.04. The van der Waals surface area contributed by atoms with Crippen LogP contribution in [-0.2, 0) is 0 Å². The zero-order chi connectivity index (χ0) is 11.8. The molecule has 0 unspecified atom stereocenters. The summed E-state index contributed by atoms with van der Waals surface area (Å²) in [5, 5.41) is 4.08. The normalized spacial score (nSPS) is 10.8. The molecule has 0 aromatic carbocycles. The van der Waals surface area contributed by atoms with E-state index < -0.39 is 0 Å². The third-order valence-corrected chi connectivity index (χ3v) is 2.42. The number of rotatable bonds is 1. The molecule has 0 aliphatic heterocycles. The highest BCUT2D eigenvalue weighted by molar-refractivity contribution is 5.67. The van der Waals surface area contributed by atoms with Gasteiger partial charge in [0.05, 0.1) is 11.9 Å². The summed E-state index contributed by atoms with van der Waals surface area (Å²) in [5.41, 5.74) is 13.7. The van der Waals surface area contributed by atoms with Gasteiger partial charge in [0.1, 0.15) is 11.6 Å². The van der Waals surface area contributed by atoms with Crippen LogP contribution in [0.5, 0.6) is 0 Å². The minimum Gasteiger partial charge on any atom is -0.384 e. The Kier molecular flexibility index (Phi) is 1.94. The molecular formula is C11H10N6. The Balaban J connectivity index is 2.19. The van der Waals surface area contributed by atoms with Crippen molar-refractivity contribution in [3.63, 3.8) is 0 Å². The van der Waals surface area contributed by atoms with Gasteiger partial charge in [-0.15, -0.1) is 0 Å². The maximum atomic E-state index is 5.65. The van der Waals surface area contributed by atoms with Crippen LogP contribution in [0.1, 0.15) is 0 Å². The van der Waals surface area contributed by atoms with Gasteiger partial charge in [-0.25, -0.2) is 14.5 Å². The summed E-state index contributed by atoms with van der Waals surface area (Å²) in [6.07, 6.45) is 3.53. The first-order valence-corrected chi connectivity index (χ1v) is 5.06. The van der Waals surface area contributed by atoms with E-state index in [0.717, 1.165) is 16.9 Å². The number of nitrogens with two attached hydrogens (primary N) is 2. The fraction of sp³-hybridized carbons (Fsp3) is 0. The van der Waals surface area contributed by atoms with E-state index in [1.807, 2.05) is 18.3 Å². The molecule has 0 atom stereocenters. The van der Waals surface area contributed by atoms with Crippen LogP contribution < -0.4 is 11.5 Å². The van der Waals surface area contributed by atoms with Crippen LogP contribution in [0.3, 0.4) is 0 Å². The predicted octanol–water partition coefficient (Wildman–Crippen LogP) is 0.956. The van der Waals surface area contributed by atoms with Crippen LogP contribution in [0.25, 0.3) is 16.9 Å². The highest BCUT2D eigenvalue weighted by Crippen LogP contribution is 2.21. The first kappa shape index (κ1) is 9.59. The number of hydrogen-bond acceptors (Lipinski definition) is 5. The Hall–Kier alpha value is -2.63.